The Hall–Kier alpha value is -2.52. The molecule has 1 amide bonds. The molecule has 0 radical (unpaired) electrons. The Morgan fingerprint density at radius 2 is 1.95 bits per heavy atom. The number of nitro benzene ring substituents is 1. The van der Waals surface area contributed by atoms with Gasteiger partial charge in [0.2, 0.25) is 5.91 Å². The van der Waals surface area contributed by atoms with E-state index in [4.69, 9.17) is 10.8 Å². The molecule has 1 atom stereocenters. The first-order chi connectivity index (χ1) is 9.93. The Morgan fingerprint density at radius 1 is 1.33 bits per heavy atom. The Balaban J connectivity index is 2.59. The Bertz CT molecular complexity index is 517. The van der Waals surface area contributed by atoms with Gasteiger partial charge in [-0.25, -0.2) is 0 Å². The van der Waals surface area contributed by atoms with Crippen LogP contribution in [0.3, 0.4) is 0 Å². The SMILES string of the molecule is NCCN[C@@H](CC(=O)Nc1ccc([N+](=O)[O-])cc1)C(=O)O. The molecule has 0 aliphatic rings. The lowest BCUT2D eigenvalue weighted by Crippen LogP contribution is -2.41. The topological polar surface area (TPSA) is 148 Å². The van der Waals surface area contributed by atoms with Crippen molar-refractivity contribution >= 4 is 23.3 Å². The number of hydrogen-bond donors (Lipinski definition) is 4. The van der Waals surface area contributed by atoms with Gasteiger partial charge in [-0.3, -0.25) is 19.7 Å². The van der Waals surface area contributed by atoms with E-state index in [1.165, 1.54) is 24.3 Å². The standard InChI is InChI=1S/C12H16N4O5/c13-5-6-14-10(12(18)19)7-11(17)15-8-1-3-9(4-2-8)16(20)21/h1-4,10,14H,5-7,13H2,(H,15,17)(H,18,19)/t10-/m0/s1. The van der Waals surface area contributed by atoms with Crippen molar-refractivity contribution in [2.45, 2.75) is 12.5 Å². The van der Waals surface area contributed by atoms with Crippen LogP contribution in [0.2, 0.25) is 0 Å². The van der Waals surface area contributed by atoms with E-state index in [0.717, 1.165) is 0 Å². The van der Waals surface area contributed by atoms with Gasteiger partial charge >= 0.3 is 5.97 Å². The summed E-state index contributed by atoms with van der Waals surface area (Å²) in [7, 11) is 0. The van der Waals surface area contributed by atoms with Gasteiger partial charge in [0.25, 0.3) is 5.69 Å². The lowest BCUT2D eigenvalue weighted by Gasteiger charge is -2.13. The molecule has 0 aromatic heterocycles. The maximum Gasteiger partial charge on any atom is 0.321 e. The molecule has 0 spiro atoms. The molecule has 0 saturated carbocycles. The number of nitrogens with one attached hydrogen (secondary N) is 2. The fourth-order valence-corrected chi connectivity index (χ4v) is 1.57. The molecule has 0 aliphatic heterocycles. The van der Waals surface area contributed by atoms with Crippen molar-refractivity contribution in [2.75, 3.05) is 18.4 Å². The number of benzene rings is 1. The molecule has 9 heteroatoms. The van der Waals surface area contributed by atoms with E-state index < -0.39 is 22.8 Å². The first kappa shape index (κ1) is 16.5. The van der Waals surface area contributed by atoms with Crippen LogP contribution in [0, 0.1) is 10.1 Å². The van der Waals surface area contributed by atoms with Crippen molar-refractivity contribution in [1.29, 1.82) is 0 Å². The highest BCUT2D eigenvalue weighted by atomic mass is 16.6. The zero-order valence-electron chi connectivity index (χ0n) is 11.1. The van der Waals surface area contributed by atoms with Gasteiger partial charge in [0.1, 0.15) is 6.04 Å². The molecule has 9 nitrogen and oxygen atoms in total. The number of carbonyl (C=O) groups excluding carboxylic acids is 1. The predicted molar refractivity (Wildman–Crippen MR) is 74.8 cm³/mol. The van der Waals surface area contributed by atoms with Gasteiger partial charge < -0.3 is 21.5 Å². The molecule has 114 valence electrons. The van der Waals surface area contributed by atoms with Crippen molar-refractivity contribution in [3.05, 3.63) is 34.4 Å². The molecular weight excluding hydrogens is 280 g/mol. The second kappa shape index (κ2) is 7.92. The van der Waals surface area contributed by atoms with E-state index in [2.05, 4.69) is 10.6 Å². The van der Waals surface area contributed by atoms with E-state index in [9.17, 15) is 19.7 Å². The largest absolute Gasteiger partial charge is 0.480 e. The number of hydrogen-bond acceptors (Lipinski definition) is 6. The summed E-state index contributed by atoms with van der Waals surface area (Å²) in [5, 5.41) is 24.6. The molecule has 21 heavy (non-hydrogen) atoms. The monoisotopic (exact) mass is 296 g/mol. The van der Waals surface area contributed by atoms with E-state index in [1.807, 2.05) is 0 Å². The van der Waals surface area contributed by atoms with Crippen LogP contribution in [0.15, 0.2) is 24.3 Å². The number of nitrogens with two attached hydrogens (primary N) is 1. The number of nitro groups is 1. The quantitative estimate of drug-likeness (QED) is 0.387. The second-order valence-corrected chi connectivity index (χ2v) is 4.19. The van der Waals surface area contributed by atoms with Crippen molar-refractivity contribution in [3.8, 4) is 0 Å². The zero-order valence-corrected chi connectivity index (χ0v) is 11.1. The Morgan fingerprint density at radius 3 is 2.43 bits per heavy atom. The summed E-state index contributed by atoms with van der Waals surface area (Å²) in [6, 6.07) is 4.21. The average molecular weight is 296 g/mol. The lowest BCUT2D eigenvalue weighted by atomic mass is 10.2. The highest BCUT2D eigenvalue weighted by Crippen LogP contribution is 2.15. The molecule has 0 saturated heterocycles. The van der Waals surface area contributed by atoms with E-state index in [1.54, 1.807) is 0 Å². The molecule has 1 rings (SSSR count). The van der Waals surface area contributed by atoms with Crippen LogP contribution in [0.4, 0.5) is 11.4 Å². The Kier molecular flexibility index (Phi) is 6.24. The minimum Gasteiger partial charge on any atom is -0.480 e. The van der Waals surface area contributed by atoms with Crippen LogP contribution in [0.5, 0.6) is 0 Å². The summed E-state index contributed by atoms with van der Waals surface area (Å²) in [4.78, 5) is 32.6. The number of aliphatic carboxylic acids is 1. The third kappa shape index (κ3) is 5.55. The fraction of sp³-hybridized carbons (Fsp3) is 0.333. The summed E-state index contributed by atoms with van der Waals surface area (Å²) < 4.78 is 0. The summed E-state index contributed by atoms with van der Waals surface area (Å²) in [6.45, 7) is 0.537. The minimum atomic E-state index is -1.15. The van der Waals surface area contributed by atoms with Crippen LogP contribution in [0.1, 0.15) is 6.42 Å². The summed E-state index contributed by atoms with van der Waals surface area (Å²) in [5.74, 6) is -1.66. The first-order valence-electron chi connectivity index (χ1n) is 6.14. The molecule has 0 aliphatic carbocycles. The minimum absolute atomic E-state index is 0.0963. The maximum atomic E-state index is 11.7. The number of amides is 1. The average Bonchev–Trinajstić information content (AvgIpc) is 2.43. The number of anilines is 1. The van der Waals surface area contributed by atoms with Gasteiger partial charge in [0.15, 0.2) is 0 Å². The van der Waals surface area contributed by atoms with Crippen LogP contribution < -0.4 is 16.4 Å². The zero-order chi connectivity index (χ0) is 15.8. The number of carbonyl (C=O) groups is 2. The van der Waals surface area contributed by atoms with Crippen LogP contribution >= 0.6 is 0 Å². The highest BCUT2D eigenvalue weighted by Gasteiger charge is 2.20. The van der Waals surface area contributed by atoms with Crippen molar-refractivity contribution in [3.63, 3.8) is 0 Å². The van der Waals surface area contributed by atoms with Gasteiger partial charge in [-0.2, -0.15) is 0 Å². The van der Waals surface area contributed by atoms with Gasteiger partial charge in [-0.05, 0) is 12.1 Å². The molecule has 0 fully saturated rings. The maximum absolute atomic E-state index is 11.7. The molecular formula is C12H16N4O5. The van der Waals surface area contributed by atoms with Crippen molar-refractivity contribution in [2.24, 2.45) is 5.73 Å². The molecule has 1 aromatic carbocycles. The van der Waals surface area contributed by atoms with Crippen LogP contribution in [-0.4, -0.2) is 41.0 Å². The third-order valence-corrected chi connectivity index (χ3v) is 2.58. The molecule has 0 bridgehead atoms. The number of carboxylic acid groups (broad SMARTS) is 1. The summed E-state index contributed by atoms with van der Waals surface area (Å²) in [6.07, 6.45) is -0.272. The lowest BCUT2D eigenvalue weighted by molar-refractivity contribution is -0.384. The summed E-state index contributed by atoms with van der Waals surface area (Å²) in [5.41, 5.74) is 5.52. The number of rotatable bonds is 8. The first-order valence-corrected chi connectivity index (χ1v) is 6.14. The fourth-order valence-electron chi connectivity index (χ4n) is 1.57. The van der Waals surface area contributed by atoms with Gasteiger partial charge in [0.05, 0.1) is 11.3 Å². The van der Waals surface area contributed by atoms with Crippen LogP contribution in [0.25, 0.3) is 0 Å². The third-order valence-electron chi connectivity index (χ3n) is 2.58. The number of nitrogens with zero attached hydrogens (tertiary/aromatic N) is 1. The highest BCUT2D eigenvalue weighted by molar-refractivity contribution is 5.94. The van der Waals surface area contributed by atoms with Crippen molar-refractivity contribution in [1.82, 2.24) is 5.32 Å². The van der Waals surface area contributed by atoms with Gasteiger partial charge in [-0.15, -0.1) is 0 Å². The normalized spacial score (nSPS) is 11.7. The molecule has 5 N–H and O–H groups in total. The second-order valence-electron chi connectivity index (χ2n) is 4.19. The van der Waals surface area contributed by atoms with Crippen molar-refractivity contribution < 1.29 is 19.6 Å². The van der Waals surface area contributed by atoms with Crippen LogP contribution in [-0.2, 0) is 9.59 Å². The van der Waals surface area contributed by atoms with Gasteiger partial charge in [0, 0.05) is 30.9 Å². The van der Waals surface area contributed by atoms with E-state index >= 15 is 0 Å². The Labute approximate surface area is 120 Å². The molecule has 1 aromatic rings. The predicted octanol–water partition coefficient (Wildman–Crippen LogP) is -0.0751. The smallest absolute Gasteiger partial charge is 0.321 e. The number of non-ortho nitro benzene ring substituents is 1. The van der Waals surface area contributed by atoms with Gasteiger partial charge in [-0.1, -0.05) is 0 Å². The molecule has 0 heterocycles. The van der Waals surface area contributed by atoms with E-state index in [0.29, 0.717) is 5.69 Å². The van der Waals surface area contributed by atoms with E-state index in [-0.39, 0.29) is 25.2 Å². The molecule has 0 unspecified atom stereocenters. The summed E-state index contributed by atoms with van der Waals surface area (Å²) >= 11 is 0. The number of carboxylic acids is 1.